The van der Waals surface area contributed by atoms with Crippen LogP contribution in [-0.4, -0.2) is 37.7 Å². The van der Waals surface area contributed by atoms with Crippen LogP contribution in [0.2, 0.25) is 0 Å². The Balaban J connectivity index is 1.98. The van der Waals surface area contributed by atoms with E-state index in [0.29, 0.717) is 34.0 Å². The lowest BCUT2D eigenvalue weighted by Crippen LogP contribution is -2.07. The Morgan fingerprint density at radius 1 is 1.13 bits per heavy atom. The molecule has 1 heterocycles. The zero-order valence-electron chi connectivity index (χ0n) is 17.4. The number of hydrogen-bond donors (Lipinski definition) is 1. The molecule has 0 bridgehead atoms. The highest BCUT2D eigenvalue weighted by atomic mass is 16.5. The van der Waals surface area contributed by atoms with E-state index in [4.69, 9.17) is 18.6 Å². The van der Waals surface area contributed by atoms with Crippen LogP contribution in [0.5, 0.6) is 5.75 Å². The van der Waals surface area contributed by atoms with Gasteiger partial charge in [-0.05, 0) is 36.8 Å². The zero-order chi connectivity index (χ0) is 22.2. The number of carbonyl (C=O) groups is 2. The van der Waals surface area contributed by atoms with E-state index in [1.807, 2.05) is 12.1 Å². The third-order valence-electron chi connectivity index (χ3n) is 4.32. The fourth-order valence-electron chi connectivity index (χ4n) is 2.90. The van der Waals surface area contributed by atoms with Crippen LogP contribution in [-0.2, 0) is 14.3 Å². The van der Waals surface area contributed by atoms with Crippen LogP contribution in [0.25, 0.3) is 17.0 Å². The summed E-state index contributed by atoms with van der Waals surface area (Å²) >= 11 is 0. The molecule has 0 saturated carbocycles. The molecule has 3 aromatic rings. The summed E-state index contributed by atoms with van der Waals surface area (Å²) < 4.78 is 20.7. The number of benzene rings is 2. The number of nitrogens with zero attached hydrogens (tertiary/aromatic N) is 1. The summed E-state index contributed by atoms with van der Waals surface area (Å²) in [5.74, 6) is 0.131. The van der Waals surface area contributed by atoms with Gasteiger partial charge < -0.3 is 23.9 Å². The highest BCUT2D eigenvalue weighted by Crippen LogP contribution is 2.33. The Kier molecular flexibility index (Phi) is 7.05. The quantitative estimate of drug-likeness (QED) is 0.427. The number of anilines is 1. The number of methoxy groups -OCH3 is 2. The van der Waals surface area contributed by atoms with Crippen molar-refractivity contribution in [3.05, 3.63) is 72.3 Å². The molecule has 1 aromatic heterocycles. The van der Waals surface area contributed by atoms with Crippen molar-refractivity contribution in [2.24, 2.45) is 0 Å². The van der Waals surface area contributed by atoms with Crippen LogP contribution in [0.15, 0.2) is 65.5 Å². The molecule has 0 amide bonds. The van der Waals surface area contributed by atoms with E-state index in [1.165, 1.54) is 19.6 Å². The first kappa shape index (κ1) is 21.6. The number of nitrogens with one attached hydrogen (secondary N) is 1. The summed E-state index contributed by atoms with van der Waals surface area (Å²) in [7, 11) is 2.86. The van der Waals surface area contributed by atoms with E-state index >= 15 is 0 Å². The van der Waals surface area contributed by atoms with E-state index in [-0.39, 0.29) is 6.61 Å². The first-order valence-corrected chi connectivity index (χ1v) is 9.46. The molecule has 0 aliphatic rings. The van der Waals surface area contributed by atoms with Gasteiger partial charge in [0.25, 0.3) is 0 Å². The lowest BCUT2D eigenvalue weighted by Gasteiger charge is -2.14. The van der Waals surface area contributed by atoms with E-state index in [9.17, 15) is 9.59 Å². The molecule has 0 saturated heterocycles. The normalized spacial score (nSPS) is 11.0. The van der Waals surface area contributed by atoms with Crippen LogP contribution in [0.4, 0.5) is 5.69 Å². The maximum atomic E-state index is 12.2. The summed E-state index contributed by atoms with van der Waals surface area (Å²) in [5.41, 5.74) is 2.79. The van der Waals surface area contributed by atoms with E-state index in [2.05, 4.69) is 10.3 Å². The van der Waals surface area contributed by atoms with Crippen LogP contribution < -0.4 is 10.1 Å². The number of oxazole rings is 1. The molecule has 8 heteroatoms. The topological polar surface area (TPSA) is 99.9 Å². The highest BCUT2D eigenvalue weighted by molar-refractivity contribution is 5.96. The van der Waals surface area contributed by atoms with Gasteiger partial charge in [0.2, 0.25) is 0 Å². The predicted molar refractivity (Wildman–Crippen MR) is 115 cm³/mol. The number of ether oxygens (including phenoxy) is 3. The van der Waals surface area contributed by atoms with Crippen molar-refractivity contribution in [3.63, 3.8) is 0 Å². The minimum absolute atomic E-state index is 0.241. The van der Waals surface area contributed by atoms with Gasteiger partial charge in [0.1, 0.15) is 5.75 Å². The molecule has 3 rings (SSSR count). The minimum Gasteiger partial charge on any atom is -0.496 e. The van der Waals surface area contributed by atoms with Gasteiger partial charge in [-0.1, -0.05) is 12.1 Å². The van der Waals surface area contributed by atoms with E-state index in [0.717, 1.165) is 5.56 Å². The largest absolute Gasteiger partial charge is 0.496 e. The van der Waals surface area contributed by atoms with Crippen molar-refractivity contribution in [2.45, 2.75) is 6.92 Å². The molecule has 8 nitrogen and oxygen atoms in total. The molecule has 0 radical (unpaired) electrons. The van der Waals surface area contributed by atoms with Crippen LogP contribution in [0, 0.1) is 0 Å². The van der Waals surface area contributed by atoms with Crippen LogP contribution >= 0.6 is 0 Å². The van der Waals surface area contributed by atoms with Crippen molar-refractivity contribution in [3.8, 4) is 17.1 Å². The molecule has 0 aliphatic heterocycles. The van der Waals surface area contributed by atoms with E-state index < -0.39 is 11.9 Å². The molecular formula is C23H22N2O6. The number of carbonyl (C=O) groups excluding carboxylic acids is 2. The number of aromatic nitrogens is 1. The molecule has 0 fully saturated rings. The lowest BCUT2D eigenvalue weighted by atomic mass is 10.1. The van der Waals surface area contributed by atoms with Crippen molar-refractivity contribution >= 4 is 23.3 Å². The molecule has 2 aromatic carbocycles. The molecule has 0 spiro atoms. The predicted octanol–water partition coefficient (Wildman–Crippen LogP) is 4.15. The van der Waals surface area contributed by atoms with Gasteiger partial charge in [0.15, 0.2) is 12.2 Å². The van der Waals surface area contributed by atoms with Crippen molar-refractivity contribution < 1.29 is 28.2 Å². The first-order valence-electron chi connectivity index (χ1n) is 9.46. The monoisotopic (exact) mass is 422 g/mol. The zero-order valence-corrected chi connectivity index (χ0v) is 17.4. The maximum Gasteiger partial charge on any atom is 0.337 e. The number of esters is 2. The third-order valence-corrected chi connectivity index (χ3v) is 4.32. The van der Waals surface area contributed by atoms with Gasteiger partial charge in [0, 0.05) is 17.8 Å². The number of hydrogen-bond acceptors (Lipinski definition) is 8. The second kappa shape index (κ2) is 10.1. The summed E-state index contributed by atoms with van der Waals surface area (Å²) in [4.78, 5) is 28.0. The minimum atomic E-state index is -0.515. The van der Waals surface area contributed by atoms with Crippen molar-refractivity contribution in [2.75, 3.05) is 26.1 Å². The van der Waals surface area contributed by atoms with Gasteiger partial charge in [-0.3, -0.25) is 0 Å². The first-order chi connectivity index (χ1) is 15.0. The summed E-state index contributed by atoms with van der Waals surface area (Å²) in [6.07, 6.45) is 4.27. The summed E-state index contributed by atoms with van der Waals surface area (Å²) in [6.45, 7) is 1.97. The molecular weight excluding hydrogens is 400 g/mol. The van der Waals surface area contributed by atoms with Crippen LogP contribution in [0.3, 0.4) is 0 Å². The summed E-state index contributed by atoms with van der Waals surface area (Å²) in [5, 5.41) is 3.20. The van der Waals surface area contributed by atoms with Crippen molar-refractivity contribution in [1.82, 2.24) is 4.98 Å². The second-order valence-corrected chi connectivity index (χ2v) is 6.29. The molecule has 31 heavy (non-hydrogen) atoms. The Hall–Kier alpha value is -4.07. The van der Waals surface area contributed by atoms with Gasteiger partial charge >= 0.3 is 11.9 Å². The Morgan fingerprint density at radius 2 is 1.94 bits per heavy atom. The van der Waals surface area contributed by atoms with E-state index in [1.54, 1.807) is 50.6 Å². The Bertz CT molecular complexity index is 1090. The molecule has 160 valence electrons. The third kappa shape index (κ3) is 5.30. The standard InChI is InChI=1S/C23H22N2O6/c1-4-30-22(26)12-19(15-6-5-7-16(10-15)23(27)29-3)25-17-8-9-18(20(11-17)28-2)21-13-24-14-31-21/h5-14,25H,4H2,1-3H3/b19-12-. The van der Waals surface area contributed by atoms with Crippen molar-refractivity contribution in [1.29, 1.82) is 0 Å². The molecule has 0 aliphatic carbocycles. The molecule has 0 unspecified atom stereocenters. The average Bonchev–Trinajstić information content (AvgIpc) is 3.33. The Labute approximate surface area is 179 Å². The smallest absolute Gasteiger partial charge is 0.337 e. The van der Waals surface area contributed by atoms with Gasteiger partial charge in [-0.25, -0.2) is 14.6 Å². The lowest BCUT2D eigenvalue weighted by molar-refractivity contribution is -0.137. The molecule has 1 N–H and O–H groups in total. The van der Waals surface area contributed by atoms with Gasteiger partial charge in [0.05, 0.1) is 43.8 Å². The number of rotatable bonds is 8. The van der Waals surface area contributed by atoms with Gasteiger partial charge in [-0.2, -0.15) is 0 Å². The van der Waals surface area contributed by atoms with Gasteiger partial charge in [-0.15, -0.1) is 0 Å². The SMILES string of the molecule is CCOC(=O)/C=C(\Nc1ccc(-c2cnco2)c(OC)c1)c1cccc(C(=O)OC)c1. The fraction of sp³-hybridized carbons (Fsp3) is 0.174. The maximum absolute atomic E-state index is 12.2. The fourth-order valence-corrected chi connectivity index (χ4v) is 2.90. The van der Waals surface area contributed by atoms with Crippen LogP contribution in [0.1, 0.15) is 22.8 Å². The summed E-state index contributed by atoms with van der Waals surface area (Å²) in [6, 6.07) is 12.1. The average molecular weight is 422 g/mol. The Morgan fingerprint density at radius 3 is 2.61 bits per heavy atom. The highest BCUT2D eigenvalue weighted by Gasteiger charge is 2.14. The molecule has 0 atom stereocenters. The second-order valence-electron chi connectivity index (χ2n) is 6.29.